The van der Waals surface area contributed by atoms with Gasteiger partial charge in [0.05, 0.1) is 12.9 Å². The van der Waals surface area contributed by atoms with Gasteiger partial charge in [0.2, 0.25) is 10.0 Å². The summed E-state index contributed by atoms with van der Waals surface area (Å²) >= 11 is 0. The highest BCUT2D eigenvalue weighted by Gasteiger charge is 2.28. The Morgan fingerprint density at radius 1 is 1.41 bits per heavy atom. The second kappa shape index (κ2) is 7.71. The monoisotopic (exact) mass is 326 g/mol. The van der Waals surface area contributed by atoms with Crippen molar-refractivity contribution in [3.8, 4) is 0 Å². The molecule has 1 aromatic carbocycles. The second-order valence-corrected chi connectivity index (χ2v) is 7.26. The van der Waals surface area contributed by atoms with Crippen molar-refractivity contribution < 1.29 is 17.9 Å². The van der Waals surface area contributed by atoms with Crippen LogP contribution in [0.1, 0.15) is 18.4 Å². The van der Waals surface area contributed by atoms with E-state index in [9.17, 15) is 13.2 Å². The van der Waals surface area contributed by atoms with Gasteiger partial charge in [0, 0.05) is 6.04 Å². The molecular formula is C15H22N2O4S. The Kier molecular flexibility index (Phi) is 5.93. The number of hydrogen-bond acceptors (Lipinski definition) is 5. The third-order valence-corrected chi connectivity index (χ3v) is 5.16. The molecule has 1 heterocycles. The van der Waals surface area contributed by atoms with Crippen molar-refractivity contribution in [1.29, 1.82) is 0 Å². The van der Waals surface area contributed by atoms with Gasteiger partial charge in [-0.3, -0.25) is 4.79 Å². The number of carbonyl (C=O) groups excluding carboxylic acids is 1. The average molecular weight is 326 g/mol. The molecule has 0 aliphatic carbocycles. The number of benzene rings is 1. The molecule has 0 aromatic heterocycles. The Balaban J connectivity index is 2.03. The van der Waals surface area contributed by atoms with Gasteiger partial charge in [-0.1, -0.05) is 30.3 Å². The van der Waals surface area contributed by atoms with Crippen molar-refractivity contribution >= 4 is 16.0 Å². The number of methoxy groups -OCH3 is 1. The first-order valence-corrected chi connectivity index (χ1v) is 9.00. The Morgan fingerprint density at radius 3 is 2.73 bits per heavy atom. The van der Waals surface area contributed by atoms with E-state index in [1.807, 2.05) is 30.3 Å². The predicted molar refractivity (Wildman–Crippen MR) is 83.9 cm³/mol. The zero-order valence-corrected chi connectivity index (χ0v) is 13.4. The molecule has 1 aliphatic rings. The number of sulfonamides is 1. The van der Waals surface area contributed by atoms with Crippen LogP contribution in [0.4, 0.5) is 0 Å². The lowest BCUT2D eigenvalue weighted by Gasteiger charge is -2.18. The van der Waals surface area contributed by atoms with Gasteiger partial charge in [-0.05, 0) is 31.4 Å². The van der Waals surface area contributed by atoms with Gasteiger partial charge >= 0.3 is 5.97 Å². The number of esters is 1. The lowest BCUT2D eigenvalue weighted by atomic mass is 10.1. The average Bonchev–Trinajstić information content (AvgIpc) is 2.98. The predicted octanol–water partition coefficient (Wildman–Crippen LogP) is 0.442. The summed E-state index contributed by atoms with van der Waals surface area (Å²) in [5, 5.41) is 3.14. The minimum atomic E-state index is -3.55. The lowest BCUT2D eigenvalue weighted by Crippen LogP contribution is -2.46. The van der Waals surface area contributed by atoms with Crippen LogP contribution >= 0.6 is 0 Å². The van der Waals surface area contributed by atoms with E-state index in [1.165, 1.54) is 7.11 Å². The summed E-state index contributed by atoms with van der Waals surface area (Å²) in [6, 6.07) is 8.31. The van der Waals surface area contributed by atoms with Crippen molar-refractivity contribution in [1.82, 2.24) is 10.0 Å². The van der Waals surface area contributed by atoms with Crippen LogP contribution in [0.5, 0.6) is 0 Å². The van der Waals surface area contributed by atoms with Crippen molar-refractivity contribution in [3.63, 3.8) is 0 Å². The van der Waals surface area contributed by atoms with E-state index in [4.69, 9.17) is 4.74 Å². The molecular weight excluding hydrogens is 304 g/mol. The van der Waals surface area contributed by atoms with Gasteiger partial charge in [0.1, 0.15) is 6.04 Å². The molecule has 2 atom stereocenters. The highest BCUT2D eigenvalue weighted by molar-refractivity contribution is 7.89. The maximum atomic E-state index is 12.2. The molecule has 0 unspecified atom stereocenters. The van der Waals surface area contributed by atoms with Crippen LogP contribution in [0.2, 0.25) is 0 Å². The second-order valence-electron chi connectivity index (χ2n) is 5.46. The lowest BCUT2D eigenvalue weighted by molar-refractivity contribution is -0.142. The number of carbonyl (C=O) groups is 1. The summed E-state index contributed by atoms with van der Waals surface area (Å²) in [5.74, 6) is -0.596. The molecule has 6 nitrogen and oxygen atoms in total. The zero-order chi connectivity index (χ0) is 16.0. The number of hydrogen-bond donors (Lipinski definition) is 2. The standard InChI is InChI=1S/C15H22N2O4S/c1-21-15(18)14(10-12-6-3-2-4-7-12)17-22(19,20)11-13-8-5-9-16-13/h2-4,6-7,13-14,16-17H,5,8-11H2,1H3/t13-,14+/m1/s1. The van der Waals surface area contributed by atoms with E-state index in [0.29, 0.717) is 0 Å². The maximum absolute atomic E-state index is 12.2. The normalized spacial score (nSPS) is 19.8. The summed E-state index contributed by atoms with van der Waals surface area (Å²) in [5.41, 5.74) is 0.875. The molecule has 7 heteroatoms. The van der Waals surface area contributed by atoms with Gasteiger partial charge < -0.3 is 10.1 Å². The van der Waals surface area contributed by atoms with Crippen LogP contribution in [0.15, 0.2) is 30.3 Å². The topological polar surface area (TPSA) is 84.5 Å². The molecule has 0 spiro atoms. The van der Waals surface area contributed by atoms with Crippen LogP contribution in [0, 0.1) is 0 Å². The van der Waals surface area contributed by atoms with E-state index in [-0.39, 0.29) is 18.2 Å². The number of ether oxygens (including phenoxy) is 1. The first-order valence-electron chi connectivity index (χ1n) is 7.35. The zero-order valence-electron chi connectivity index (χ0n) is 12.6. The number of nitrogens with one attached hydrogen (secondary N) is 2. The molecule has 0 amide bonds. The fourth-order valence-electron chi connectivity index (χ4n) is 2.59. The van der Waals surface area contributed by atoms with Crippen LogP contribution in [0.25, 0.3) is 0 Å². The quantitative estimate of drug-likeness (QED) is 0.711. The van der Waals surface area contributed by atoms with E-state index in [2.05, 4.69) is 10.0 Å². The molecule has 1 fully saturated rings. The highest BCUT2D eigenvalue weighted by atomic mass is 32.2. The van der Waals surface area contributed by atoms with E-state index < -0.39 is 22.0 Å². The van der Waals surface area contributed by atoms with E-state index in [1.54, 1.807) is 0 Å². The summed E-state index contributed by atoms with van der Waals surface area (Å²) in [7, 11) is -2.30. The van der Waals surface area contributed by atoms with E-state index in [0.717, 1.165) is 24.9 Å². The van der Waals surface area contributed by atoms with Gasteiger partial charge in [0.25, 0.3) is 0 Å². The van der Waals surface area contributed by atoms with Gasteiger partial charge in [-0.25, -0.2) is 13.1 Å². The summed E-state index contributed by atoms with van der Waals surface area (Å²) < 4.78 is 31.7. The Hall–Kier alpha value is -1.44. The summed E-state index contributed by atoms with van der Waals surface area (Å²) in [6.45, 7) is 0.838. The molecule has 1 aromatic rings. The Morgan fingerprint density at radius 2 is 2.14 bits per heavy atom. The third kappa shape index (κ3) is 5.08. The van der Waals surface area contributed by atoms with Gasteiger partial charge in [-0.15, -0.1) is 0 Å². The molecule has 0 radical (unpaired) electrons. The van der Waals surface area contributed by atoms with Crippen molar-refractivity contribution in [2.45, 2.75) is 31.3 Å². The number of rotatable bonds is 7. The first kappa shape index (κ1) is 16.9. The van der Waals surface area contributed by atoms with Crippen LogP contribution in [-0.4, -0.2) is 45.9 Å². The van der Waals surface area contributed by atoms with Crippen molar-refractivity contribution in [2.75, 3.05) is 19.4 Å². The highest BCUT2D eigenvalue weighted by Crippen LogP contribution is 2.10. The molecule has 2 rings (SSSR count). The smallest absolute Gasteiger partial charge is 0.324 e. The fourth-order valence-corrected chi connectivity index (χ4v) is 4.12. The van der Waals surface area contributed by atoms with Crippen LogP contribution < -0.4 is 10.0 Å². The van der Waals surface area contributed by atoms with Crippen LogP contribution in [0.3, 0.4) is 0 Å². The van der Waals surface area contributed by atoms with Crippen LogP contribution in [-0.2, 0) is 26.0 Å². The first-order chi connectivity index (χ1) is 10.5. The molecule has 0 saturated carbocycles. The van der Waals surface area contributed by atoms with Gasteiger partial charge in [0.15, 0.2) is 0 Å². The molecule has 122 valence electrons. The molecule has 1 saturated heterocycles. The molecule has 1 aliphatic heterocycles. The fraction of sp³-hybridized carbons (Fsp3) is 0.533. The largest absolute Gasteiger partial charge is 0.468 e. The molecule has 0 bridgehead atoms. The summed E-state index contributed by atoms with van der Waals surface area (Å²) in [6.07, 6.45) is 2.08. The minimum Gasteiger partial charge on any atom is -0.468 e. The SMILES string of the molecule is COC(=O)[C@H](Cc1ccccc1)NS(=O)(=O)C[C@H]1CCCN1. The minimum absolute atomic E-state index is 0.0186. The Bertz CT molecular complexity index is 583. The van der Waals surface area contributed by atoms with Crippen molar-refractivity contribution in [2.24, 2.45) is 0 Å². The van der Waals surface area contributed by atoms with Crippen molar-refractivity contribution in [3.05, 3.63) is 35.9 Å². The third-order valence-electron chi connectivity index (χ3n) is 3.67. The summed E-state index contributed by atoms with van der Waals surface area (Å²) in [4.78, 5) is 11.9. The Labute approximate surface area is 131 Å². The molecule has 22 heavy (non-hydrogen) atoms. The maximum Gasteiger partial charge on any atom is 0.324 e. The van der Waals surface area contributed by atoms with E-state index >= 15 is 0 Å². The molecule has 2 N–H and O–H groups in total. The van der Waals surface area contributed by atoms with Gasteiger partial charge in [-0.2, -0.15) is 0 Å².